The van der Waals surface area contributed by atoms with Crippen molar-refractivity contribution in [1.82, 2.24) is 0 Å². The van der Waals surface area contributed by atoms with Crippen LogP contribution in [0, 0.1) is 17.8 Å². The highest BCUT2D eigenvalue weighted by atomic mass is 14.4. The second-order valence-electron chi connectivity index (χ2n) is 3.53. The van der Waals surface area contributed by atoms with E-state index < -0.39 is 0 Å². The molecule has 0 heteroatoms. The molecule has 9 heavy (non-hydrogen) atoms. The van der Waals surface area contributed by atoms with Gasteiger partial charge >= 0.3 is 0 Å². The summed E-state index contributed by atoms with van der Waals surface area (Å²) in [7, 11) is 0. The predicted molar refractivity (Wildman–Crippen MR) is 41.1 cm³/mol. The Labute approximate surface area is 58.7 Å². The van der Waals surface area contributed by atoms with Gasteiger partial charge in [-0.1, -0.05) is 27.2 Å². The first kappa shape index (κ1) is 7.11. The monoisotopic (exact) mass is 125 g/mol. The third-order valence-corrected chi connectivity index (χ3v) is 3.01. The minimum Gasteiger partial charge on any atom is -0.0622 e. The van der Waals surface area contributed by atoms with E-state index in [1.54, 1.807) is 0 Å². The minimum atomic E-state index is 0.639. The Morgan fingerprint density at radius 2 is 1.89 bits per heavy atom. The Hall–Kier alpha value is 0. The molecular formula is C9H17. The molecule has 1 aliphatic rings. The van der Waals surface area contributed by atoms with Gasteiger partial charge in [0.05, 0.1) is 0 Å². The molecule has 0 atom stereocenters. The molecule has 0 saturated heterocycles. The summed E-state index contributed by atoms with van der Waals surface area (Å²) in [5.74, 6) is 0.858. The summed E-state index contributed by atoms with van der Waals surface area (Å²) in [5.41, 5.74) is 0.639. The van der Waals surface area contributed by atoms with Gasteiger partial charge < -0.3 is 0 Å². The topological polar surface area (TPSA) is 0 Å². The molecule has 0 aliphatic heterocycles. The summed E-state index contributed by atoms with van der Waals surface area (Å²) in [4.78, 5) is 0. The Kier molecular flexibility index (Phi) is 1.83. The molecule has 0 amide bonds. The van der Waals surface area contributed by atoms with Crippen molar-refractivity contribution in [1.29, 1.82) is 0 Å². The minimum absolute atomic E-state index is 0.639. The van der Waals surface area contributed by atoms with E-state index in [-0.39, 0.29) is 0 Å². The fourth-order valence-corrected chi connectivity index (χ4v) is 1.78. The molecule has 0 N–H and O–H groups in total. The largest absolute Gasteiger partial charge is 0.0622 e. The van der Waals surface area contributed by atoms with Gasteiger partial charge in [0.25, 0.3) is 0 Å². The van der Waals surface area contributed by atoms with Crippen molar-refractivity contribution < 1.29 is 0 Å². The highest BCUT2D eigenvalue weighted by Gasteiger charge is 2.37. The van der Waals surface area contributed by atoms with Crippen molar-refractivity contribution in [3.8, 4) is 0 Å². The van der Waals surface area contributed by atoms with E-state index in [1.165, 1.54) is 19.3 Å². The van der Waals surface area contributed by atoms with Gasteiger partial charge in [-0.25, -0.2) is 0 Å². The first-order valence-electron chi connectivity index (χ1n) is 4.02. The molecule has 0 aromatic carbocycles. The van der Waals surface area contributed by atoms with E-state index in [1.807, 2.05) is 0 Å². The van der Waals surface area contributed by atoms with E-state index in [4.69, 9.17) is 0 Å². The molecule has 1 rings (SSSR count). The molecule has 0 unspecified atom stereocenters. The molecule has 0 spiro atoms. The van der Waals surface area contributed by atoms with Crippen molar-refractivity contribution in [2.24, 2.45) is 11.3 Å². The van der Waals surface area contributed by atoms with Crippen LogP contribution in [-0.2, 0) is 0 Å². The van der Waals surface area contributed by atoms with Gasteiger partial charge in [0.1, 0.15) is 0 Å². The number of hydrogen-bond donors (Lipinski definition) is 0. The standard InChI is InChI=1S/C9H17/c1-4-9(8(2)3)6-5-7-9/h4,8H,5-7H2,1-3H3. The molecule has 1 saturated carbocycles. The van der Waals surface area contributed by atoms with E-state index in [0.29, 0.717) is 5.41 Å². The lowest BCUT2D eigenvalue weighted by atomic mass is 9.61. The summed E-state index contributed by atoms with van der Waals surface area (Å²) in [6.07, 6.45) is 6.71. The van der Waals surface area contributed by atoms with E-state index in [2.05, 4.69) is 27.2 Å². The van der Waals surface area contributed by atoms with Crippen molar-refractivity contribution in [3.63, 3.8) is 0 Å². The van der Waals surface area contributed by atoms with Crippen molar-refractivity contribution in [3.05, 3.63) is 6.42 Å². The summed E-state index contributed by atoms with van der Waals surface area (Å²) >= 11 is 0. The number of hydrogen-bond acceptors (Lipinski definition) is 0. The Morgan fingerprint density at radius 1 is 1.33 bits per heavy atom. The lowest BCUT2D eigenvalue weighted by Crippen LogP contribution is -2.34. The first-order chi connectivity index (χ1) is 4.21. The van der Waals surface area contributed by atoms with Crippen LogP contribution in [0.4, 0.5) is 0 Å². The normalized spacial score (nSPS) is 24.0. The predicted octanol–water partition coefficient (Wildman–Crippen LogP) is 3.04. The van der Waals surface area contributed by atoms with Crippen LogP contribution in [-0.4, -0.2) is 0 Å². The van der Waals surface area contributed by atoms with Gasteiger partial charge in [0.15, 0.2) is 0 Å². The maximum Gasteiger partial charge on any atom is -0.0246 e. The second kappa shape index (κ2) is 2.32. The smallest absolute Gasteiger partial charge is 0.0246 e. The molecule has 0 aromatic rings. The second-order valence-corrected chi connectivity index (χ2v) is 3.53. The zero-order valence-corrected chi connectivity index (χ0v) is 6.78. The SMILES string of the molecule is C[CH]C1(C(C)C)CCC1. The summed E-state index contributed by atoms with van der Waals surface area (Å²) in [6, 6.07) is 0. The Bertz CT molecular complexity index is 82.7. The van der Waals surface area contributed by atoms with E-state index in [9.17, 15) is 0 Å². The van der Waals surface area contributed by atoms with Crippen LogP contribution in [0.15, 0.2) is 0 Å². The van der Waals surface area contributed by atoms with Crippen LogP contribution in [0.2, 0.25) is 0 Å². The Balaban J connectivity index is 2.46. The van der Waals surface area contributed by atoms with Gasteiger partial charge in [-0.3, -0.25) is 0 Å². The molecular weight excluding hydrogens is 108 g/mol. The van der Waals surface area contributed by atoms with Crippen LogP contribution >= 0.6 is 0 Å². The van der Waals surface area contributed by atoms with Crippen LogP contribution in [0.1, 0.15) is 40.0 Å². The zero-order valence-electron chi connectivity index (χ0n) is 6.78. The first-order valence-corrected chi connectivity index (χ1v) is 4.02. The van der Waals surface area contributed by atoms with E-state index in [0.717, 1.165) is 5.92 Å². The van der Waals surface area contributed by atoms with Crippen molar-refractivity contribution >= 4 is 0 Å². The molecule has 1 radical (unpaired) electrons. The highest BCUT2D eigenvalue weighted by Crippen LogP contribution is 2.48. The lowest BCUT2D eigenvalue weighted by molar-refractivity contribution is 0.111. The lowest BCUT2D eigenvalue weighted by Gasteiger charge is -2.44. The number of rotatable bonds is 2. The third kappa shape index (κ3) is 0.997. The van der Waals surface area contributed by atoms with Gasteiger partial charge in [0, 0.05) is 0 Å². The van der Waals surface area contributed by atoms with Gasteiger partial charge in [0.2, 0.25) is 0 Å². The summed E-state index contributed by atoms with van der Waals surface area (Å²) in [6.45, 7) is 6.87. The van der Waals surface area contributed by atoms with Crippen LogP contribution in [0.25, 0.3) is 0 Å². The molecule has 0 aromatic heterocycles. The fourth-order valence-electron chi connectivity index (χ4n) is 1.78. The molecule has 1 fully saturated rings. The maximum atomic E-state index is 2.40. The van der Waals surface area contributed by atoms with Gasteiger partial charge in [-0.15, -0.1) is 0 Å². The third-order valence-electron chi connectivity index (χ3n) is 3.01. The van der Waals surface area contributed by atoms with Crippen molar-refractivity contribution in [2.45, 2.75) is 40.0 Å². The van der Waals surface area contributed by atoms with Gasteiger partial charge in [-0.2, -0.15) is 0 Å². The molecule has 0 bridgehead atoms. The highest BCUT2D eigenvalue weighted by molar-refractivity contribution is 4.98. The van der Waals surface area contributed by atoms with Crippen LogP contribution in [0.5, 0.6) is 0 Å². The summed E-state index contributed by atoms with van der Waals surface area (Å²) in [5, 5.41) is 0. The maximum absolute atomic E-state index is 2.40. The average molecular weight is 125 g/mol. The molecule has 1 aliphatic carbocycles. The van der Waals surface area contributed by atoms with Crippen LogP contribution < -0.4 is 0 Å². The molecule has 53 valence electrons. The fraction of sp³-hybridized carbons (Fsp3) is 0.889. The van der Waals surface area contributed by atoms with Crippen LogP contribution in [0.3, 0.4) is 0 Å². The molecule has 0 nitrogen and oxygen atoms in total. The summed E-state index contributed by atoms with van der Waals surface area (Å²) < 4.78 is 0. The zero-order chi connectivity index (χ0) is 6.91. The van der Waals surface area contributed by atoms with E-state index >= 15 is 0 Å². The molecule has 0 heterocycles. The average Bonchev–Trinajstić information content (AvgIpc) is 1.62. The van der Waals surface area contributed by atoms with Crippen molar-refractivity contribution in [2.75, 3.05) is 0 Å². The quantitative estimate of drug-likeness (QED) is 0.532. The van der Waals surface area contributed by atoms with Gasteiger partial charge in [-0.05, 0) is 30.6 Å². The Morgan fingerprint density at radius 3 is 1.89 bits per heavy atom.